The Kier molecular flexibility index (Phi) is 6.62. The second-order valence-corrected chi connectivity index (χ2v) is 11.4. The SMILES string of the molecule is Cn1c(=O)n(CC(C)(C)C)c2ccc(C3=CCC(C)(C)C(NC(=O)OCc4ccccc4)C3)nc21. The van der Waals surface area contributed by atoms with Crippen LogP contribution in [0.1, 0.15) is 58.7 Å². The number of hydrogen-bond donors (Lipinski definition) is 1. The first-order chi connectivity index (χ1) is 16.4. The number of nitrogens with zero attached hydrogens (tertiary/aromatic N) is 3. The summed E-state index contributed by atoms with van der Waals surface area (Å²) in [5.41, 5.74) is 4.16. The third kappa shape index (κ3) is 5.50. The average Bonchev–Trinajstić information content (AvgIpc) is 3.03. The number of fused-ring (bicyclic) bond motifs is 1. The van der Waals surface area contributed by atoms with Crippen molar-refractivity contribution >= 4 is 22.8 Å². The lowest BCUT2D eigenvalue weighted by Crippen LogP contribution is -2.46. The third-order valence-electron chi connectivity index (χ3n) is 6.69. The molecular formula is C28H36N4O3. The van der Waals surface area contributed by atoms with Crippen LogP contribution in [-0.2, 0) is 24.9 Å². The molecule has 0 saturated heterocycles. The van der Waals surface area contributed by atoms with Gasteiger partial charge in [-0.05, 0) is 46.9 Å². The van der Waals surface area contributed by atoms with Crippen LogP contribution >= 0.6 is 0 Å². The average molecular weight is 477 g/mol. The Morgan fingerprint density at radius 2 is 1.89 bits per heavy atom. The molecule has 0 spiro atoms. The molecule has 2 heterocycles. The van der Waals surface area contributed by atoms with Gasteiger partial charge in [0.25, 0.3) is 0 Å². The highest BCUT2D eigenvalue weighted by Crippen LogP contribution is 2.38. The number of amides is 1. The minimum atomic E-state index is -0.418. The molecule has 0 bridgehead atoms. The highest BCUT2D eigenvalue weighted by molar-refractivity contribution is 5.76. The number of allylic oxidation sites excluding steroid dienone is 1. The van der Waals surface area contributed by atoms with E-state index in [1.54, 1.807) is 16.2 Å². The molecule has 0 aliphatic heterocycles. The smallest absolute Gasteiger partial charge is 0.407 e. The van der Waals surface area contributed by atoms with Crippen molar-refractivity contribution in [2.75, 3.05) is 0 Å². The number of pyridine rings is 1. The molecule has 0 saturated carbocycles. The van der Waals surface area contributed by atoms with Crippen LogP contribution in [0.25, 0.3) is 16.7 Å². The van der Waals surface area contributed by atoms with E-state index in [9.17, 15) is 9.59 Å². The summed E-state index contributed by atoms with van der Waals surface area (Å²) in [5, 5.41) is 3.08. The molecule has 1 atom stereocenters. The number of aryl methyl sites for hydroxylation is 1. The summed E-state index contributed by atoms with van der Waals surface area (Å²) in [7, 11) is 1.77. The molecule has 1 aliphatic carbocycles. The van der Waals surface area contributed by atoms with Crippen molar-refractivity contribution in [3.8, 4) is 0 Å². The Hall–Kier alpha value is -3.35. The number of nitrogens with one attached hydrogen (secondary N) is 1. The number of alkyl carbamates (subject to hydrolysis) is 1. The van der Waals surface area contributed by atoms with Crippen molar-refractivity contribution in [3.63, 3.8) is 0 Å². The largest absolute Gasteiger partial charge is 0.445 e. The zero-order valence-corrected chi connectivity index (χ0v) is 21.6. The van der Waals surface area contributed by atoms with Crippen LogP contribution in [-0.4, -0.2) is 26.3 Å². The Bertz CT molecular complexity index is 1310. The molecule has 186 valence electrons. The van der Waals surface area contributed by atoms with Crippen LogP contribution in [0.2, 0.25) is 0 Å². The van der Waals surface area contributed by atoms with Gasteiger partial charge >= 0.3 is 11.8 Å². The number of imidazole rings is 1. The molecule has 3 aromatic rings. The van der Waals surface area contributed by atoms with Crippen molar-refractivity contribution in [2.45, 2.75) is 66.7 Å². The molecule has 2 aromatic heterocycles. The molecule has 1 amide bonds. The van der Waals surface area contributed by atoms with Gasteiger partial charge in [0, 0.05) is 19.6 Å². The zero-order chi connectivity index (χ0) is 25.4. The van der Waals surface area contributed by atoms with Crippen LogP contribution in [0, 0.1) is 10.8 Å². The topological polar surface area (TPSA) is 78.2 Å². The van der Waals surface area contributed by atoms with Crippen LogP contribution in [0.15, 0.2) is 53.3 Å². The molecule has 0 fully saturated rings. The van der Waals surface area contributed by atoms with Crippen molar-refractivity contribution < 1.29 is 9.53 Å². The summed E-state index contributed by atoms with van der Waals surface area (Å²) in [5.74, 6) is 0. The maximum atomic E-state index is 12.9. The van der Waals surface area contributed by atoms with E-state index >= 15 is 0 Å². The monoisotopic (exact) mass is 476 g/mol. The number of rotatable bonds is 5. The predicted octanol–water partition coefficient (Wildman–Crippen LogP) is 5.28. The maximum absolute atomic E-state index is 12.9. The molecule has 4 rings (SSSR count). The number of hydrogen-bond acceptors (Lipinski definition) is 4. The first-order valence-electron chi connectivity index (χ1n) is 12.2. The van der Waals surface area contributed by atoms with E-state index in [1.165, 1.54) is 0 Å². The minimum absolute atomic E-state index is 0.0255. The first-order valence-corrected chi connectivity index (χ1v) is 12.2. The normalized spacial score (nSPS) is 17.8. The van der Waals surface area contributed by atoms with Crippen LogP contribution in [0.3, 0.4) is 0 Å². The van der Waals surface area contributed by atoms with E-state index in [2.05, 4.69) is 46.0 Å². The molecule has 1 aliphatic rings. The second kappa shape index (κ2) is 9.36. The van der Waals surface area contributed by atoms with Gasteiger partial charge in [0.15, 0.2) is 5.65 Å². The third-order valence-corrected chi connectivity index (χ3v) is 6.69. The molecule has 0 radical (unpaired) electrons. The fourth-order valence-electron chi connectivity index (χ4n) is 4.55. The van der Waals surface area contributed by atoms with Gasteiger partial charge in [0.2, 0.25) is 0 Å². The van der Waals surface area contributed by atoms with E-state index in [1.807, 2.05) is 42.5 Å². The van der Waals surface area contributed by atoms with E-state index in [0.29, 0.717) is 18.6 Å². The van der Waals surface area contributed by atoms with Gasteiger partial charge in [-0.2, -0.15) is 0 Å². The molecule has 7 heteroatoms. The lowest BCUT2D eigenvalue weighted by Gasteiger charge is -2.38. The Morgan fingerprint density at radius 1 is 1.17 bits per heavy atom. The van der Waals surface area contributed by atoms with Gasteiger partial charge < -0.3 is 10.1 Å². The molecule has 1 aromatic carbocycles. The van der Waals surface area contributed by atoms with Gasteiger partial charge in [-0.3, -0.25) is 9.13 Å². The fraction of sp³-hybridized carbons (Fsp3) is 0.464. The van der Waals surface area contributed by atoms with Gasteiger partial charge in [0.1, 0.15) is 6.61 Å². The highest BCUT2D eigenvalue weighted by atomic mass is 16.5. The summed E-state index contributed by atoms with van der Waals surface area (Å²) in [6, 6.07) is 13.5. The van der Waals surface area contributed by atoms with Crippen LogP contribution in [0.4, 0.5) is 4.79 Å². The lowest BCUT2D eigenvalue weighted by molar-refractivity contribution is 0.123. The number of benzene rings is 1. The lowest BCUT2D eigenvalue weighted by atomic mass is 9.73. The summed E-state index contributed by atoms with van der Waals surface area (Å²) in [6.07, 6.45) is 3.22. The molecular weight excluding hydrogens is 440 g/mol. The zero-order valence-electron chi connectivity index (χ0n) is 21.6. The molecule has 1 unspecified atom stereocenters. The van der Waals surface area contributed by atoms with Gasteiger partial charge in [-0.25, -0.2) is 14.6 Å². The Balaban J connectivity index is 1.53. The van der Waals surface area contributed by atoms with Crippen molar-refractivity contribution in [1.29, 1.82) is 0 Å². The number of carbonyl (C=O) groups is 1. The summed E-state index contributed by atoms with van der Waals surface area (Å²) >= 11 is 0. The van der Waals surface area contributed by atoms with Crippen LogP contribution < -0.4 is 11.0 Å². The van der Waals surface area contributed by atoms with Gasteiger partial charge in [-0.1, -0.05) is 71.0 Å². The Morgan fingerprint density at radius 3 is 2.57 bits per heavy atom. The molecule has 1 N–H and O–H groups in total. The maximum Gasteiger partial charge on any atom is 0.407 e. The van der Waals surface area contributed by atoms with Crippen molar-refractivity contribution in [2.24, 2.45) is 17.9 Å². The quantitative estimate of drug-likeness (QED) is 0.543. The molecule has 35 heavy (non-hydrogen) atoms. The number of aromatic nitrogens is 3. The fourth-order valence-corrected chi connectivity index (χ4v) is 4.55. The molecule has 7 nitrogen and oxygen atoms in total. The second-order valence-electron chi connectivity index (χ2n) is 11.4. The first kappa shape index (κ1) is 24.8. The van der Waals surface area contributed by atoms with E-state index < -0.39 is 6.09 Å². The van der Waals surface area contributed by atoms with Gasteiger partial charge in [-0.15, -0.1) is 0 Å². The van der Waals surface area contributed by atoms with E-state index in [0.717, 1.165) is 28.8 Å². The highest BCUT2D eigenvalue weighted by Gasteiger charge is 2.35. The number of carbonyl (C=O) groups excluding carboxylic acids is 1. The van der Waals surface area contributed by atoms with Crippen molar-refractivity contribution in [3.05, 3.63) is 70.3 Å². The summed E-state index contributed by atoms with van der Waals surface area (Å²) in [4.78, 5) is 30.3. The standard InChI is InChI=1S/C28H36N4O3/c1-27(2,3)18-32-22-13-12-21(29-24(22)31(6)26(32)34)20-14-15-28(4,5)23(16-20)30-25(33)35-17-19-10-8-7-9-11-19/h7-14,23H,15-18H2,1-6H3,(H,30,33). The van der Waals surface area contributed by atoms with Crippen LogP contribution in [0.5, 0.6) is 0 Å². The number of ether oxygens (including phenoxy) is 1. The van der Waals surface area contributed by atoms with E-state index in [-0.39, 0.29) is 29.2 Å². The predicted molar refractivity (Wildman–Crippen MR) is 139 cm³/mol. The Labute approximate surface area is 206 Å². The summed E-state index contributed by atoms with van der Waals surface area (Å²) < 4.78 is 8.89. The van der Waals surface area contributed by atoms with E-state index in [4.69, 9.17) is 9.72 Å². The van der Waals surface area contributed by atoms with Crippen molar-refractivity contribution in [1.82, 2.24) is 19.4 Å². The minimum Gasteiger partial charge on any atom is -0.445 e. The summed E-state index contributed by atoms with van der Waals surface area (Å²) in [6.45, 7) is 11.5. The van der Waals surface area contributed by atoms with Gasteiger partial charge in [0.05, 0.1) is 11.2 Å².